The second-order valence-electron chi connectivity index (χ2n) is 3.86. The summed E-state index contributed by atoms with van der Waals surface area (Å²) in [4.78, 5) is 14.7. The van der Waals surface area contributed by atoms with Gasteiger partial charge < -0.3 is 10.0 Å². The fourth-order valence-corrected chi connectivity index (χ4v) is 2.52. The third-order valence-electron chi connectivity index (χ3n) is 2.68. The van der Waals surface area contributed by atoms with E-state index >= 15 is 0 Å². The largest absolute Gasteiger partial charge is 0.391 e. The highest BCUT2D eigenvalue weighted by molar-refractivity contribution is 7.09. The summed E-state index contributed by atoms with van der Waals surface area (Å²) in [6.45, 7) is 1.23. The highest BCUT2D eigenvalue weighted by atomic mass is 32.1. The molecule has 1 aliphatic heterocycles. The maximum absolute atomic E-state index is 11.7. The minimum absolute atomic E-state index is 0.167. The van der Waals surface area contributed by atoms with E-state index < -0.39 is 0 Å². The fourth-order valence-electron chi connectivity index (χ4n) is 1.81. The highest BCUT2D eigenvalue weighted by Crippen LogP contribution is 2.14. The number of rotatable bonds is 3. The van der Waals surface area contributed by atoms with Crippen LogP contribution in [-0.4, -0.2) is 35.1 Å². The number of β-amino-alcohol motifs (C(OH)–C–C–N with tert-alkyl or cyclic N) is 1. The molecule has 0 saturated carbocycles. The van der Waals surface area contributed by atoms with Crippen molar-refractivity contribution in [3.05, 3.63) is 22.4 Å². The van der Waals surface area contributed by atoms with E-state index in [4.69, 9.17) is 0 Å². The van der Waals surface area contributed by atoms with E-state index in [0.717, 1.165) is 12.8 Å². The summed E-state index contributed by atoms with van der Waals surface area (Å²) in [6, 6.07) is 4.06. The van der Waals surface area contributed by atoms with Gasteiger partial charge in [-0.15, -0.1) is 11.3 Å². The maximum Gasteiger partial charge on any atom is 0.223 e. The molecule has 0 radical (unpaired) electrons. The van der Waals surface area contributed by atoms with Crippen molar-refractivity contribution >= 4 is 17.2 Å². The molecule has 4 heteroatoms. The first kappa shape index (κ1) is 10.6. The van der Waals surface area contributed by atoms with Crippen molar-refractivity contribution in [1.29, 1.82) is 0 Å². The van der Waals surface area contributed by atoms with E-state index in [1.54, 1.807) is 16.2 Å². The molecule has 0 aliphatic carbocycles. The van der Waals surface area contributed by atoms with Crippen LogP contribution >= 0.6 is 11.3 Å². The van der Waals surface area contributed by atoms with Gasteiger partial charge in [0, 0.05) is 24.4 Å². The molecule has 1 atom stereocenters. The third-order valence-corrected chi connectivity index (χ3v) is 3.62. The van der Waals surface area contributed by atoms with Crippen LogP contribution in [-0.2, 0) is 11.2 Å². The van der Waals surface area contributed by atoms with Crippen molar-refractivity contribution in [2.45, 2.75) is 25.4 Å². The predicted octanol–water partition coefficient (Wildman–Crippen LogP) is 1.27. The van der Waals surface area contributed by atoms with Crippen LogP contribution in [0.1, 0.15) is 17.7 Å². The molecule has 1 aromatic rings. The summed E-state index contributed by atoms with van der Waals surface area (Å²) in [5, 5.41) is 11.3. The summed E-state index contributed by atoms with van der Waals surface area (Å²) >= 11 is 1.69. The van der Waals surface area contributed by atoms with Gasteiger partial charge in [-0.05, 0) is 24.3 Å². The molecule has 1 aliphatic rings. The van der Waals surface area contributed by atoms with Crippen molar-refractivity contribution in [2.75, 3.05) is 13.1 Å². The van der Waals surface area contributed by atoms with Crippen molar-refractivity contribution < 1.29 is 9.90 Å². The number of nitrogens with zero attached hydrogens (tertiary/aromatic N) is 1. The molecule has 15 heavy (non-hydrogen) atoms. The Balaban J connectivity index is 1.78. The smallest absolute Gasteiger partial charge is 0.223 e. The van der Waals surface area contributed by atoms with Crippen LogP contribution in [0.4, 0.5) is 0 Å². The molecule has 1 amide bonds. The van der Waals surface area contributed by atoms with Crippen LogP contribution in [0.5, 0.6) is 0 Å². The number of likely N-dealkylation sites (tertiary alicyclic amines) is 1. The molecule has 3 nitrogen and oxygen atoms in total. The first-order chi connectivity index (χ1) is 7.25. The van der Waals surface area contributed by atoms with Crippen LogP contribution in [0.15, 0.2) is 17.5 Å². The van der Waals surface area contributed by atoms with Crippen molar-refractivity contribution in [3.63, 3.8) is 0 Å². The Kier molecular flexibility index (Phi) is 3.38. The summed E-state index contributed by atoms with van der Waals surface area (Å²) in [7, 11) is 0. The van der Waals surface area contributed by atoms with Gasteiger partial charge in [-0.3, -0.25) is 4.79 Å². The van der Waals surface area contributed by atoms with Gasteiger partial charge in [-0.1, -0.05) is 6.07 Å². The van der Waals surface area contributed by atoms with Gasteiger partial charge in [-0.2, -0.15) is 0 Å². The van der Waals surface area contributed by atoms with E-state index in [0.29, 0.717) is 19.5 Å². The number of thiophene rings is 1. The average Bonchev–Trinajstić information content (AvgIpc) is 2.84. The van der Waals surface area contributed by atoms with Gasteiger partial charge in [-0.25, -0.2) is 0 Å². The van der Waals surface area contributed by atoms with E-state index in [1.807, 2.05) is 11.4 Å². The van der Waals surface area contributed by atoms with Crippen molar-refractivity contribution in [1.82, 2.24) is 4.90 Å². The highest BCUT2D eigenvalue weighted by Gasteiger charge is 2.23. The molecule has 2 rings (SSSR count). The molecular formula is C11H15NO2S. The number of aliphatic hydroxyl groups excluding tert-OH is 1. The molecule has 1 fully saturated rings. The zero-order chi connectivity index (χ0) is 10.7. The number of carbonyl (C=O) groups is 1. The number of hydrogen-bond acceptors (Lipinski definition) is 3. The average molecular weight is 225 g/mol. The first-order valence-corrected chi connectivity index (χ1v) is 6.12. The molecule has 0 spiro atoms. The molecular weight excluding hydrogens is 210 g/mol. The molecule has 1 N–H and O–H groups in total. The summed E-state index contributed by atoms with van der Waals surface area (Å²) in [6.07, 6.45) is 1.80. The second kappa shape index (κ2) is 4.77. The molecule has 0 bridgehead atoms. The SMILES string of the molecule is O=C(CCc1cccs1)N1CCC(O)C1. The van der Waals surface area contributed by atoms with E-state index in [-0.39, 0.29) is 12.0 Å². The first-order valence-electron chi connectivity index (χ1n) is 5.24. The number of aryl methyl sites for hydroxylation is 1. The summed E-state index contributed by atoms with van der Waals surface area (Å²) < 4.78 is 0. The van der Waals surface area contributed by atoms with Crippen LogP contribution in [0.2, 0.25) is 0 Å². The molecule has 1 saturated heterocycles. The topological polar surface area (TPSA) is 40.5 Å². The lowest BCUT2D eigenvalue weighted by molar-refractivity contribution is -0.130. The van der Waals surface area contributed by atoms with Gasteiger partial charge >= 0.3 is 0 Å². The maximum atomic E-state index is 11.7. The van der Waals surface area contributed by atoms with E-state index in [2.05, 4.69) is 6.07 Å². The van der Waals surface area contributed by atoms with E-state index in [9.17, 15) is 9.90 Å². The molecule has 82 valence electrons. The van der Waals surface area contributed by atoms with Gasteiger partial charge in [0.05, 0.1) is 6.10 Å². The number of carbonyl (C=O) groups excluding carboxylic acids is 1. The fraction of sp³-hybridized carbons (Fsp3) is 0.545. The third kappa shape index (κ3) is 2.79. The van der Waals surface area contributed by atoms with Crippen LogP contribution < -0.4 is 0 Å². The predicted molar refractivity (Wildman–Crippen MR) is 59.8 cm³/mol. The Morgan fingerprint density at radius 1 is 1.67 bits per heavy atom. The van der Waals surface area contributed by atoms with Crippen molar-refractivity contribution in [2.24, 2.45) is 0 Å². The quantitative estimate of drug-likeness (QED) is 0.841. The van der Waals surface area contributed by atoms with Gasteiger partial charge in [0.15, 0.2) is 0 Å². The number of hydrogen-bond donors (Lipinski definition) is 1. The Bertz CT molecular complexity index is 323. The Morgan fingerprint density at radius 2 is 2.53 bits per heavy atom. The number of amides is 1. The number of aliphatic hydroxyl groups is 1. The summed E-state index contributed by atoms with van der Waals surface area (Å²) in [5.41, 5.74) is 0. The Labute approximate surface area is 93.3 Å². The molecule has 0 aromatic carbocycles. The van der Waals surface area contributed by atoms with Gasteiger partial charge in [0.2, 0.25) is 5.91 Å². The minimum atomic E-state index is -0.310. The second-order valence-corrected chi connectivity index (χ2v) is 4.89. The zero-order valence-corrected chi connectivity index (χ0v) is 9.37. The minimum Gasteiger partial charge on any atom is -0.391 e. The Morgan fingerprint density at radius 3 is 3.13 bits per heavy atom. The summed E-state index contributed by atoms with van der Waals surface area (Å²) in [5.74, 6) is 0.167. The van der Waals surface area contributed by atoms with Gasteiger partial charge in [0.1, 0.15) is 0 Å². The zero-order valence-electron chi connectivity index (χ0n) is 8.56. The van der Waals surface area contributed by atoms with Crippen molar-refractivity contribution in [3.8, 4) is 0 Å². The monoisotopic (exact) mass is 225 g/mol. The normalized spacial score (nSPS) is 20.9. The lowest BCUT2D eigenvalue weighted by Gasteiger charge is -2.14. The molecule has 2 heterocycles. The standard InChI is InChI=1S/C11H15NO2S/c13-9-5-6-12(8-9)11(14)4-3-10-2-1-7-15-10/h1-2,7,9,13H,3-6,8H2. The van der Waals surface area contributed by atoms with Crippen LogP contribution in [0, 0.1) is 0 Å². The van der Waals surface area contributed by atoms with Crippen LogP contribution in [0.3, 0.4) is 0 Å². The lowest BCUT2D eigenvalue weighted by atomic mass is 10.2. The molecule has 1 aromatic heterocycles. The lowest BCUT2D eigenvalue weighted by Crippen LogP contribution is -2.29. The van der Waals surface area contributed by atoms with E-state index in [1.165, 1.54) is 4.88 Å². The Hall–Kier alpha value is -0.870. The van der Waals surface area contributed by atoms with Gasteiger partial charge in [0.25, 0.3) is 0 Å². The van der Waals surface area contributed by atoms with Crippen LogP contribution in [0.25, 0.3) is 0 Å². The molecule has 1 unspecified atom stereocenters.